The van der Waals surface area contributed by atoms with Crippen molar-refractivity contribution in [3.63, 3.8) is 0 Å². The predicted octanol–water partition coefficient (Wildman–Crippen LogP) is 6.66. The Morgan fingerprint density at radius 2 is 1.51 bits per heavy atom. The second-order valence-electron chi connectivity index (χ2n) is 9.68. The van der Waals surface area contributed by atoms with Crippen LogP contribution in [-0.4, -0.2) is 34.6 Å². The smallest absolute Gasteiger partial charge is 0.243 e. The fourth-order valence-electron chi connectivity index (χ4n) is 4.84. The lowest BCUT2D eigenvalue weighted by molar-refractivity contribution is -0.139. The Labute approximate surface area is 229 Å². The van der Waals surface area contributed by atoms with Gasteiger partial charge in [0.1, 0.15) is 6.04 Å². The van der Waals surface area contributed by atoms with E-state index in [0.717, 1.165) is 42.4 Å². The predicted molar refractivity (Wildman–Crippen MR) is 154 cm³/mol. The molecule has 1 fully saturated rings. The average Bonchev–Trinajstić information content (AvgIpc) is 2.92. The number of hydrogen-bond acceptors (Lipinski definition) is 3. The Morgan fingerprint density at radius 1 is 0.865 bits per heavy atom. The standard InChI is InChI=1S/C31H35ClN2O2S/c32-27-16-10-15-26(19-27)22-37-23-30(35)34(21-25-13-6-2-7-14-25)29(20-24-11-4-1-5-12-24)31(36)33-28-17-8-3-9-18-28/h1-2,4-7,10-16,19,28-29H,3,8-9,17-18,20-23H2,(H,33,36). The van der Waals surface area contributed by atoms with Crippen LogP contribution in [0.15, 0.2) is 84.9 Å². The summed E-state index contributed by atoms with van der Waals surface area (Å²) in [5.41, 5.74) is 3.14. The van der Waals surface area contributed by atoms with Crippen LogP contribution in [0, 0.1) is 0 Å². The van der Waals surface area contributed by atoms with Crippen molar-refractivity contribution in [3.8, 4) is 0 Å². The molecule has 0 heterocycles. The van der Waals surface area contributed by atoms with E-state index in [1.165, 1.54) is 6.42 Å². The van der Waals surface area contributed by atoms with Gasteiger partial charge in [-0.1, -0.05) is 104 Å². The molecule has 0 aliphatic heterocycles. The van der Waals surface area contributed by atoms with Gasteiger partial charge in [0.15, 0.2) is 0 Å². The normalized spacial score (nSPS) is 14.6. The Morgan fingerprint density at radius 3 is 2.19 bits per heavy atom. The van der Waals surface area contributed by atoms with Crippen molar-refractivity contribution in [1.29, 1.82) is 0 Å². The molecule has 6 heteroatoms. The van der Waals surface area contributed by atoms with Gasteiger partial charge in [-0.3, -0.25) is 9.59 Å². The van der Waals surface area contributed by atoms with Crippen LogP contribution in [0.4, 0.5) is 0 Å². The number of amides is 2. The molecule has 1 aliphatic carbocycles. The second kappa shape index (κ2) is 14.3. The molecule has 0 saturated heterocycles. The SMILES string of the molecule is O=C(NC1CCCCC1)C(Cc1ccccc1)N(Cc1ccccc1)C(=O)CSCc1cccc(Cl)c1. The molecule has 0 radical (unpaired) electrons. The molecule has 1 atom stereocenters. The molecule has 0 aromatic heterocycles. The van der Waals surface area contributed by atoms with Gasteiger partial charge in [0.2, 0.25) is 11.8 Å². The highest BCUT2D eigenvalue weighted by molar-refractivity contribution is 7.99. The van der Waals surface area contributed by atoms with Crippen LogP contribution in [0.25, 0.3) is 0 Å². The summed E-state index contributed by atoms with van der Waals surface area (Å²) < 4.78 is 0. The Hall–Kier alpha value is -2.76. The van der Waals surface area contributed by atoms with E-state index in [-0.39, 0.29) is 17.9 Å². The molecular formula is C31H35ClN2O2S. The van der Waals surface area contributed by atoms with Gasteiger partial charge < -0.3 is 10.2 Å². The van der Waals surface area contributed by atoms with Crippen LogP contribution in [0.3, 0.4) is 0 Å². The van der Waals surface area contributed by atoms with Crippen LogP contribution in [-0.2, 0) is 28.3 Å². The first-order chi connectivity index (χ1) is 18.1. The molecule has 194 valence electrons. The maximum atomic E-state index is 13.8. The molecule has 37 heavy (non-hydrogen) atoms. The van der Waals surface area contributed by atoms with Crippen LogP contribution in [0.5, 0.6) is 0 Å². The quantitative estimate of drug-likeness (QED) is 0.299. The van der Waals surface area contributed by atoms with E-state index in [2.05, 4.69) is 5.32 Å². The lowest BCUT2D eigenvalue weighted by Gasteiger charge is -2.33. The van der Waals surface area contributed by atoms with E-state index < -0.39 is 6.04 Å². The highest BCUT2D eigenvalue weighted by atomic mass is 35.5. The maximum Gasteiger partial charge on any atom is 0.243 e. The summed E-state index contributed by atoms with van der Waals surface area (Å²) in [4.78, 5) is 29.3. The first-order valence-electron chi connectivity index (χ1n) is 13.1. The molecule has 0 bridgehead atoms. The Balaban J connectivity index is 1.54. The molecule has 4 rings (SSSR count). The number of thioether (sulfide) groups is 1. The topological polar surface area (TPSA) is 49.4 Å². The summed E-state index contributed by atoms with van der Waals surface area (Å²) in [6, 6.07) is 27.2. The van der Waals surface area contributed by atoms with E-state index in [4.69, 9.17) is 11.6 Å². The van der Waals surface area contributed by atoms with Crippen LogP contribution < -0.4 is 5.32 Å². The number of halogens is 1. The van der Waals surface area contributed by atoms with E-state index in [9.17, 15) is 9.59 Å². The van der Waals surface area contributed by atoms with Gasteiger partial charge in [-0.25, -0.2) is 0 Å². The number of hydrogen-bond donors (Lipinski definition) is 1. The molecular weight excluding hydrogens is 500 g/mol. The summed E-state index contributed by atoms with van der Waals surface area (Å²) in [6.07, 6.45) is 6.00. The van der Waals surface area contributed by atoms with Gasteiger partial charge in [-0.05, 0) is 41.7 Å². The number of carbonyl (C=O) groups is 2. The number of rotatable bonds is 11. The lowest BCUT2D eigenvalue weighted by Crippen LogP contribution is -2.53. The molecule has 1 saturated carbocycles. The van der Waals surface area contributed by atoms with Crippen molar-refractivity contribution >= 4 is 35.2 Å². The van der Waals surface area contributed by atoms with E-state index in [1.54, 1.807) is 16.7 Å². The van der Waals surface area contributed by atoms with Crippen molar-refractivity contribution in [2.24, 2.45) is 0 Å². The first-order valence-corrected chi connectivity index (χ1v) is 14.6. The van der Waals surface area contributed by atoms with Crippen molar-refractivity contribution in [3.05, 3.63) is 107 Å². The minimum Gasteiger partial charge on any atom is -0.352 e. The third-order valence-electron chi connectivity index (χ3n) is 6.80. The molecule has 0 spiro atoms. The summed E-state index contributed by atoms with van der Waals surface area (Å²) in [6.45, 7) is 0.396. The van der Waals surface area contributed by atoms with Gasteiger partial charge in [0.05, 0.1) is 5.75 Å². The fourth-order valence-corrected chi connectivity index (χ4v) is 5.91. The summed E-state index contributed by atoms with van der Waals surface area (Å²) in [5.74, 6) is 0.889. The average molecular weight is 535 g/mol. The number of nitrogens with zero attached hydrogens (tertiary/aromatic N) is 1. The third kappa shape index (κ3) is 8.65. The zero-order valence-corrected chi connectivity index (χ0v) is 22.7. The first kappa shape index (κ1) is 27.3. The van der Waals surface area contributed by atoms with Crippen molar-refractivity contribution in [2.45, 2.75) is 62.9 Å². The van der Waals surface area contributed by atoms with Gasteiger partial charge in [-0.15, -0.1) is 11.8 Å². The molecule has 1 N–H and O–H groups in total. The maximum absolute atomic E-state index is 13.8. The molecule has 1 unspecified atom stereocenters. The molecule has 1 aliphatic rings. The highest BCUT2D eigenvalue weighted by Crippen LogP contribution is 2.22. The van der Waals surface area contributed by atoms with Gasteiger partial charge in [-0.2, -0.15) is 0 Å². The number of benzene rings is 3. The van der Waals surface area contributed by atoms with Crippen LogP contribution >= 0.6 is 23.4 Å². The Bertz CT molecular complexity index is 1140. The van der Waals surface area contributed by atoms with Gasteiger partial charge >= 0.3 is 0 Å². The van der Waals surface area contributed by atoms with E-state index in [1.807, 2.05) is 84.9 Å². The Kier molecular flexibility index (Phi) is 10.5. The van der Waals surface area contributed by atoms with Crippen molar-refractivity contribution in [1.82, 2.24) is 10.2 Å². The fraction of sp³-hybridized carbons (Fsp3) is 0.355. The lowest BCUT2D eigenvalue weighted by atomic mass is 9.94. The summed E-state index contributed by atoms with van der Waals surface area (Å²) >= 11 is 7.68. The minimum atomic E-state index is -0.580. The monoisotopic (exact) mass is 534 g/mol. The molecule has 3 aromatic rings. The minimum absolute atomic E-state index is 0.0318. The molecule has 2 amide bonds. The third-order valence-corrected chi connectivity index (χ3v) is 8.03. The van der Waals surface area contributed by atoms with E-state index in [0.29, 0.717) is 29.5 Å². The number of nitrogens with one attached hydrogen (secondary N) is 1. The highest BCUT2D eigenvalue weighted by Gasteiger charge is 2.31. The zero-order chi connectivity index (χ0) is 25.9. The zero-order valence-electron chi connectivity index (χ0n) is 21.2. The van der Waals surface area contributed by atoms with E-state index >= 15 is 0 Å². The largest absolute Gasteiger partial charge is 0.352 e. The second-order valence-corrected chi connectivity index (χ2v) is 11.1. The molecule has 4 nitrogen and oxygen atoms in total. The van der Waals surface area contributed by atoms with Crippen molar-refractivity contribution in [2.75, 3.05) is 5.75 Å². The number of carbonyl (C=O) groups excluding carboxylic acids is 2. The van der Waals surface area contributed by atoms with Crippen LogP contribution in [0.2, 0.25) is 5.02 Å². The van der Waals surface area contributed by atoms with Gasteiger partial charge in [0, 0.05) is 29.8 Å². The van der Waals surface area contributed by atoms with Gasteiger partial charge in [0.25, 0.3) is 0 Å². The molecule has 3 aromatic carbocycles. The van der Waals surface area contributed by atoms with Crippen LogP contribution in [0.1, 0.15) is 48.8 Å². The summed E-state index contributed by atoms with van der Waals surface area (Å²) in [7, 11) is 0. The summed E-state index contributed by atoms with van der Waals surface area (Å²) in [5, 5.41) is 3.99. The van der Waals surface area contributed by atoms with Crippen molar-refractivity contribution < 1.29 is 9.59 Å².